The van der Waals surface area contributed by atoms with Gasteiger partial charge in [0.2, 0.25) is 5.91 Å². The number of piperidine rings is 1. The van der Waals surface area contributed by atoms with Crippen LogP contribution < -0.4 is 5.32 Å². The van der Waals surface area contributed by atoms with E-state index in [0.29, 0.717) is 19.4 Å². The molecule has 2 rings (SSSR count). The Balaban J connectivity index is 1.85. The second kappa shape index (κ2) is 7.94. The van der Waals surface area contributed by atoms with Crippen molar-refractivity contribution in [2.45, 2.75) is 25.1 Å². The lowest BCUT2D eigenvalue weighted by Gasteiger charge is -2.32. The smallest absolute Gasteiger partial charge is 0.386 e. The van der Waals surface area contributed by atoms with Crippen LogP contribution >= 0.6 is 0 Å². The van der Waals surface area contributed by atoms with Crippen LogP contribution in [0.5, 0.6) is 0 Å². The van der Waals surface area contributed by atoms with E-state index in [1.54, 1.807) is 6.07 Å². The van der Waals surface area contributed by atoms with E-state index in [1.807, 2.05) is 0 Å². The Bertz CT molecular complexity index is 565. The van der Waals surface area contributed by atoms with Crippen molar-refractivity contribution in [2.24, 2.45) is 5.92 Å². The molecule has 0 saturated carbocycles. The van der Waals surface area contributed by atoms with E-state index < -0.39 is 36.5 Å². The average molecular weight is 348 g/mol. The van der Waals surface area contributed by atoms with Gasteiger partial charge in [-0.05, 0) is 25.5 Å². The number of alkyl halides is 3. The van der Waals surface area contributed by atoms with Gasteiger partial charge in [-0.2, -0.15) is 13.2 Å². The van der Waals surface area contributed by atoms with Crippen molar-refractivity contribution in [1.29, 1.82) is 0 Å². The van der Waals surface area contributed by atoms with Gasteiger partial charge in [0.15, 0.2) is 0 Å². The highest BCUT2D eigenvalue weighted by molar-refractivity contribution is 5.79. The number of rotatable bonds is 5. The van der Waals surface area contributed by atoms with Crippen LogP contribution in [0.25, 0.3) is 0 Å². The van der Waals surface area contributed by atoms with Gasteiger partial charge in [0.1, 0.15) is 5.82 Å². The fraction of sp³-hybridized carbons (Fsp3) is 0.562. The third-order valence-electron chi connectivity index (χ3n) is 4.01. The van der Waals surface area contributed by atoms with Crippen molar-refractivity contribution < 1.29 is 27.5 Å². The molecule has 1 aliphatic heterocycles. The fourth-order valence-corrected chi connectivity index (χ4v) is 2.86. The highest BCUT2D eigenvalue weighted by Crippen LogP contribution is 2.23. The van der Waals surface area contributed by atoms with Crippen LogP contribution in [-0.4, -0.2) is 48.3 Å². The van der Waals surface area contributed by atoms with Crippen LogP contribution in [0.3, 0.4) is 0 Å². The number of hydrogen-bond donors (Lipinski definition) is 2. The molecule has 1 aromatic rings. The number of nitrogens with zero attached hydrogens (tertiary/aromatic N) is 1. The highest BCUT2D eigenvalue weighted by Gasteiger charge is 2.34. The Hall–Kier alpha value is -1.67. The number of benzene rings is 1. The Morgan fingerprint density at radius 2 is 2.08 bits per heavy atom. The van der Waals surface area contributed by atoms with E-state index in [-0.39, 0.29) is 18.7 Å². The van der Waals surface area contributed by atoms with E-state index in [2.05, 4.69) is 5.32 Å². The molecule has 2 unspecified atom stereocenters. The highest BCUT2D eigenvalue weighted by atomic mass is 19.4. The van der Waals surface area contributed by atoms with Crippen LogP contribution in [0.15, 0.2) is 24.3 Å². The summed E-state index contributed by atoms with van der Waals surface area (Å²) >= 11 is 0. The predicted molar refractivity (Wildman–Crippen MR) is 79.6 cm³/mol. The van der Waals surface area contributed by atoms with E-state index in [9.17, 15) is 27.5 Å². The molecule has 1 fully saturated rings. The van der Waals surface area contributed by atoms with Crippen LogP contribution in [0.4, 0.5) is 17.6 Å². The maximum Gasteiger partial charge on any atom is 0.401 e. The van der Waals surface area contributed by atoms with E-state index in [1.165, 1.54) is 23.1 Å². The topological polar surface area (TPSA) is 52.6 Å². The number of halogens is 4. The molecule has 0 radical (unpaired) electrons. The molecular weight excluding hydrogens is 328 g/mol. The van der Waals surface area contributed by atoms with Gasteiger partial charge in [-0.25, -0.2) is 4.39 Å². The Morgan fingerprint density at radius 1 is 1.38 bits per heavy atom. The zero-order valence-corrected chi connectivity index (χ0v) is 13.0. The quantitative estimate of drug-likeness (QED) is 0.803. The Morgan fingerprint density at radius 3 is 2.75 bits per heavy atom. The fourth-order valence-electron chi connectivity index (χ4n) is 2.86. The Kier molecular flexibility index (Phi) is 6.17. The first-order chi connectivity index (χ1) is 11.3. The number of nitrogens with one attached hydrogen (secondary N) is 1. The molecule has 2 atom stereocenters. The summed E-state index contributed by atoms with van der Waals surface area (Å²) in [5.41, 5.74) is 0.0696. The van der Waals surface area contributed by atoms with Gasteiger partial charge in [-0.15, -0.1) is 0 Å². The molecule has 1 saturated heterocycles. The lowest BCUT2D eigenvalue weighted by Crippen LogP contribution is -2.46. The van der Waals surface area contributed by atoms with Gasteiger partial charge in [0.05, 0.1) is 18.6 Å². The third-order valence-corrected chi connectivity index (χ3v) is 4.01. The molecule has 0 spiro atoms. The molecule has 1 aliphatic rings. The summed E-state index contributed by atoms with van der Waals surface area (Å²) in [6.45, 7) is -0.882. The summed E-state index contributed by atoms with van der Waals surface area (Å²) in [6.07, 6.45) is -4.50. The molecule has 1 heterocycles. The second-order valence-electron chi connectivity index (χ2n) is 5.97. The van der Waals surface area contributed by atoms with Gasteiger partial charge in [0, 0.05) is 18.7 Å². The third kappa shape index (κ3) is 5.45. The number of aliphatic hydroxyl groups is 1. The number of likely N-dealkylation sites (tertiary alicyclic amines) is 1. The minimum absolute atomic E-state index is 0.0289. The summed E-state index contributed by atoms with van der Waals surface area (Å²) in [5, 5.41) is 12.4. The van der Waals surface area contributed by atoms with Crippen LogP contribution in [0, 0.1) is 11.7 Å². The monoisotopic (exact) mass is 348 g/mol. The molecule has 8 heteroatoms. The SMILES string of the molecule is O=C(NCC(O)c1ccccc1F)C1CCCN(CC(F)(F)F)C1. The van der Waals surface area contributed by atoms with E-state index in [0.717, 1.165) is 0 Å². The average Bonchev–Trinajstić information content (AvgIpc) is 2.51. The van der Waals surface area contributed by atoms with Crippen molar-refractivity contribution in [1.82, 2.24) is 10.2 Å². The largest absolute Gasteiger partial charge is 0.401 e. The van der Waals surface area contributed by atoms with Crippen LogP contribution in [0.2, 0.25) is 0 Å². The molecule has 1 amide bonds. The molecule has 134 valence electrons. The normalized spacial score (nSPS) is 20.6. The first-order valence-corrected chi connectivity index (χ1v) is 7.75. The number of aliphatic hydroxyl groups excluding tert-OH is 1. The molecule has 0 aliphatic carbocycles. The van der Waals surface area contributed by atoms with Gasteiger partial charge >= 0.3 is 6.18 Å². The first kappa shape index (κ1) is 18.7. The van der Waals surface area contributed by atoms with E-state index >= 15 is 0 Å². The molecular formula is C16H20F4N2O2. The second-order valence-corrected chi connectivity index (χ2v) is 5.97. The molecule has 1 aromatic carbocycles. The van der Waals surface area contributed by atoms with Gasteiger partial charge in [-0.1, -0.05) is 18.2 Å². The minimum atomic E-state index is -4.29. The standard InChI is InChI=1S/C16H20F4N2O2/c17-13-6-2-1-5-12(13)14(23)8-21-15(24)11-4-3-7-22(9-11)10-16(18,19)20/h1-2,5-6,11,14,23H,3-4,7-10H2,(H,21,24). The zero-order valence-electron chi connectivity index (χ0n) is 13.0. The summed E-state index contributed by atoms with van der Waals surface area (Å²) in [6, 6.07) is 5.68. The molecule has 2 N–H and O–H groups in total. The summed E-state index contributed by atoms with van der Waals surface area (Å²) in [5.74, 6) is -1.56. The number of amides is 1. The van der Waals surface area contributed by atoms with Crippen LogP contribution in [0.1, 0.15) is 24.5 Å². The van der Waals surface area contributed by atoms with Crippen molar-refractivity contribution >= 4 is 5.91 Å². The maximum atomic E-state index is 13.5. The molecule has 0 aromatic heterocycles. The van der Waals surface area contributed by atoms with E-state index in [4.69, 9.17) is 0 Å². The van der Waals surface area contributed by atoms with Gasteiger partial charge in [-0.3, -0.25) is 9.69 Å². The zero-order chi connectivity index (χ0) is 17.7. The lowest BCUT2D eigenvalue weighted by molar-refractivity contribution is -0.152. The summed E-state index contributed by atoms with van der Waals surface area (Å²) < 4.78 is 50.9. The van der Waals surface area contributed by atoms with Gasteiger partial charge < -0.3 is 10.4 Å². The minimum Gasteiger partial charge on any atom is -0.386 e. The number of hydrogen-bond acceptors (Lipinski definition) is 3. The van der Waals surface area contributed by atoms with Gasteiger partial charge in [0.25, 0.3) is 0 Å². The van der Waals surface area contributed by atoms with Crippen molar-refractivity contribution in [3.63, 3.8) is 0 Å². The maximum absolute atomic E-state index is 13.5. The van der Waals surface area contributed by atoms with Crippen molar-refractivity contribution in [3.05, 3.63) is 35.6 Å². The number of carbonyl (C=O) groups excluding carboxylic acids is 1. The Labute approximate surface area is 137 Å². The summed E-state index contributed by atoms with van der Waals surface area (Å²) in [4.78, 5) is 13.3. The predicted octanol–water partition coefficient (Wildman–Crippen LogP) is 2.25. The first-order valence-electron chi connectivity index (χ1n) is 7.75. The summed E-state index contributed by atoms with van der Waals surface area (Å²) in [7, 11) is 0. The molecule has 24 heavy (non-hydrogen) atoms. The molecule has 0 bridgehead atoms. The lowest BCUT2D eigenvalue weighted by atomic mass is 9.97. The van der Waals surface area contributed by atoms with Crippen molar-refractivity contribution in [3.8, 4) is 0 Å². The van der Waals surface area contributed by atoms with Crippen LogP contribution in [-0.2, 0) is 4.79 Å². The number of carbonyl (C=O) groups is 1. The molecule has 4 nitrogen and oxygen atoms in total. The van der Waals surface area contributed by atoms with Crippen molar-refractivity contribution in [2.75, 3.05) is 26.2 Å².